The van der Waals surface area contributed by atoms with Gasteiger partial charge in [-0.15, -0.1) is 0 Å². The molecular weight excluding hydrogens is 232 g/mol. The van der Waals surface area contributed by atoms with Gasteiger partial charge in [-0.2, -0.15) is 0 Å². The third-order valence-electron chi connectivity index (χ3n) is 2.27. The number of allylic oxidation sites excluding steroid dienone is 2. The van der Waals surface area contributed by atoms with Crippen LogP contribution in [-0.2, 0) is 0 Å². The van der Waals surface area contributed by atoms with E-state index in [-0.39, 0.29) is 0 Å². The fourth-order valence-electron chi connectivity index (χ4n) is 1.40. The molecule has 14 heavy (non-hydrogen) atoms. The molecule has 0 aromatic heterocycles. The quantitative estimate of drug-likeness (QED) is 0.646. The van der Waals surface area contributed by atoms with Crippen LogP contribution in [0.1, 0.15) is 18.9 Å². The van der Waals surface area contributed by atoms with Crippen LogP contribution in [-0.4, -0.2) is 5.75 Å². The van der Waals surface area contributed by atoms with Crippen molar-refractivity contribution < 1.29 is 0 Å². The van der Waals surface area contributed by atoms with Crippen LogP contribution in [0.25, 0.3) is 5.57 Å². The standard InChI is InChI=1S/C11H11ClS2/c1-8(11-6-7-13-14-11)9-2-4-10(12)5-3-9/h2-5H,6-7H2,1H3/b11-8-. The molecule has 1 heterocycles. The van der Waals surface area contributed by atoms with Crippen molar-refractivity contribution in [3.63, 3.8) is 0 Å². The number of halogens is 1. The molecule has 3 heteroatoms. The Kier molecular flexibility index (Phi) is 3.47. The second-order valence-corrected chi connectivity index (χ2v) is 6.16. The average Bonchev–Trinajstić information content (AvgIpc) is 2.71. The lowest BCUT2D eigenvalue weighted by Gasteiger charge is -2.04. The van der Waals surface area contributed by atoms with Crippen molar-refractivity contribution in [1.82, 2.24) is 0 Å². The van der Waals surface area contributed by atoms with E-state index in [1.54, 1.807) is 0 Å². The Bertz CT molecular complexity index is 346. The molecule has 1 fully saturated rings. The molecule has 0 N–H and O–H groups in total. The van der Waals surface area contributed by atoms with Crippen LogP contribution in [0.4, 0.5) is 0 Å². The minimum absolute atomic E-state index is 0.806. The summed E-state index contributed by atoms with van der Waals surface area (Å²) in [6.07, 6.45) is 1.21. The molecular formula is C11H11ClS2. The SMILES string of the molecule is C/C(=C1\CCSS1)c1ccc(Cl)cc1. The molecule has 1 aliphatic rings. The first-order valence-electron chi connectivity index (χ1n) is 4.52. The van der Waals surface area contributed by atoms with Crippen molar-refractivity contribution >= 4 is 38.8 Å². The number of benzene rings is 1. The minimum Gasteiger partial charge on any atom is -0.0889 e. The largest absolute Gasteiger partial charge is 0.0889 e. The van der Waals surface area contributed by atoms with Crippen LogP contribution in [0.5, 0.6) is 0 Å². The van der Waals surface area contributed by atoms with E-state index in [2.05, 4.69) is 19.1 Å². The lowest BCUT2D eigenvalue weighted by atomic mass is 10.1. The van der Waals surface area contributed by atoms with E-state index in [4.69, 9.17) is 11.6 Å². The third kappa shape index (κ3) is 2.30. The van der Waals surface area contributed by atoms with E-state index >= 15 is 0 Å². The van der Waals surface area contributed by atoms with Gasteiger partial charge in [0.05, 0.1) is 0 Å². The summed E-state index contributed by atoms with van der Waals surface area (Å²) >= 11 is 5.85. The molecule has 0 bridgehead atoms. The number of hydrogen-bond acceptors (Lipinski definition) is 2. The van der Waals surface area contributed by atoms with Crippen molar-refractivity contribution in [3.05, 3.63) is 39.8 Å². The summed E-state index contributed by atoms with van der Waals surface area (Å²) in [5.74, 6) is 1.24. The zero-order chi connectivity index (χ0) is 9.97. The van der Waals surface area contributed by atoms with Gasteiger partial charge in [-0.3, -0.25) is 0 Å². The molecule has 1 saturated heterocycles. The lowest BCUT2D eigenvalue weighted by Crippen LogP contribution is -1.82. The summed E-state index contributed by atoms with van der Waals surface area (Å²) in [6, 6.07) is 8.09. The van der Waals surface area contributed by atoms with E-state index in [1.807, 2.05) is 33.7 Å². The third-order valence-corrected chi connectivity index (χ3v) is 5.18. The van der Waals surface area contributed by atoms with Crippen molar-refractivity contribution in [2.75, 3.05) is 5.75 Å². The summed E-state index contributed by atoms with van der Waals surface area (Å²) in [4.78, 5) is 1.51. The van der Waals surface area contributed by atoms with E-state index in [0.29, 0.717) is 0 Å². The highest BCUT2D eigenvalue weighted by Gasteiger charge is 2.12. The maximum absolute atomic E-state index is 5.85. The van der Waals surface area contributed by atoms with Gasteiger partial charge >= 0.3 is 0 Å². The van der Waals surface area contributed by atoms with Crippen LogP contribution in [0.2, 0.25) is 5.02 Å². The number of rotatable bonds is 1. The highest BCUT2D eigenvalue weighted by Crippen LogP contribution is 2.44. The van der Waals surface area contributed by atoms with E-state index < -0.39 is 0 Å². The number of hydrogen-bond donors (Lipinski definition) is 0. The molecule has 0 spiro atoms. The van der Waals surface area contributed by atoms with E-state index in [0.717, 1.165) is 5.02 Å². The van der Waals surface area contributed by atoms with Gasteiger partial charge in [0, 0.05) is 15.7 Å². The van der Waals surface area contributed by atoms with Crippen molar-refractivity contribution in [2.24, 2.45) is 0 Å². The highest BCUT2D eigenvalue weighted by molar-refractivity contribution is 8.78. The monoisotopic (exact) mass is 242 g/mol. The summed E-state index contributed by atoms with van der Waals surface area (Å²) in [7, 11) is 3.85. The van der Waals surface area contributed by atoms with Gasteiger partial charge in [0.25, 0.3) is 0 Å². The lowest BCUT2D eigenvalue weighted by molar-refractivity contribution is 1.23. The molecule has 0 saturated carbocycles. The maximum Gasteiger partial charge on any atom is 0.0406 e. The summed E-state index contributed by atoms with van der Waals surface area (Å²) in [6.45, 7) is 2.19. The van der Waals surface area contributed by atoms with Gasteiger partial charge in [-0.05, 0) is 36.6 Å². The smallest absolute Gasteiger partial charge is 0.0406 e. The average molecular weight is 243 g/mol. The van der Waals surface area contributed by atoms with Crippen LogP contribution in [0.3, 0.4) is 0 Å². The molecule has 1 aliphatic heterocycles. The van der Waals surface area contributed by atoms with Crippen molar-refractivity contribution in [3.8, 4) is 0 Å². The Morgan fingerprint density at radius 1 is 1.29 bits per heavy atom. The van der Waals surface area contributed by atoms with Gasteiger partial charge in [0.1, 0.15) is 0 Å². The fourth-order valence-corrected chi connectivity index (χ4v) is 4.15. The normalized spacial score (nSPS) is 19.9. The predicted molar refractivity (Wildman–Crippen MR) is 68.7 cm³/mol. The Balaban J connectivity index is 2.30. The van der Waals surface area contributed by atoms with Gasteiger partial charge in [0.2, 0.25) is 0 Å². The molecule has 0 aliphatic carbocycles. The van der Waals surface area contributed by atoms with Crippen LogP contribution in [0.15, 0.2) is 29.2 Å². The van der Waals surface area contributed by atoms with Gasteiger partial charge in [-0.25, -0.2) is 0 Å². The second-order valence-electron chi connectivity index (χ2n) is 3.21. The Morgan fingerprint density at radius 3 is 2.57 bits per heavy atom. The molecule has 0 amide bonds. The minimum atomic E-state index is 0.806. The molecule has 0 nitrogen and oxygen atoms in total. The molecule has 0 unspecified atom stereocenters. The van der Waals surface area contributed by atoms with E-state index in [1.165, 1.54) is 28.2 Å². The Labute approximate surface area is 97.5 Å². The molecule has 0 radical (unpaired) electrons. The summed E-state index contributed by atoms with van der Waals surface area (Å²) in [5.41, 5.74) is 2.69. The van der Waals surface area contributed by atoms with Gasteiger partial charge in [-0.1, -0.05) is 45.3 Å². The zero-order valence-corrected chi connectivity index (χ0v) is 10.3. The highest BCUT2D eigenvalue weighted by atomic mass is 35.5. The molecule has 0 atom stereocenters. The molecule has 74 valence electrons. The second kappa shape index (κ2) is 4.65. The Morgan fingerprint density at radius 2 is 2.00 bits per heavy atom. The molecule has 1 aromatic carbocycles. The van der Waals surface area contributed by atoms with Gasteiger partial charge < -0.3 is 0 Å². The first-order chi connectivity index (χ1) is 6.77. The zero-order valence-electron chi connectivity index (χ0n) is 7.92. The topological polar surface area (TPSA) is 0 Å². The Hall–Kier alpha value is -0.0500. The van der Waals surface area contributed by atoms with Crippen LogP contribution < -0.4 is 0 Å². The molecule has 2 rings (SSSR count). The van der Waals surface area contributed by atoms with Crippen molar-refractivity contribution in [1.29, 1.82) is 0 Å². The van der Waals surface area contributed by atoms with E-state index in [9.17, 15) is 0 Å². The predicted octanol–water partition coefficient (Wildman–Crippen LogP) is 4.86. The van der Waals surface area contributed by atoms with Crippen LogP contribution >= 0.6 is 33.2 Å². The van der Waals surface area contributed by atoms with Gasteiger partial charge in [0.15, 0.2) is 0 Å². The van der Waals surface area contributed by atoms with Crippen LogP contribution in [0, 0.1) is 0 Å². The molecule has 1 aromatic rings. The first kappa shape index (κ1) is 10.5. The summed E-state index contributed by atoms with van der Waals surface area (Å²) in [5, 5.41) is 0.806. The van der Waals surface area contributed by atoms with Crippen molar-refractivity contribution in [2.45, 2.75) is 13.3 Å². The first-order valence-corrected chi connectivity index (χ1v) is 7.22. The summed E-state index contributed by atoms with van der Waals surface area (Å²) < 4.78 is 0. The fraction of sp³-hybridized carbons (Fsp3) is 0.273. The maximum atomic E-state index is 5.85.